The van der Waals surface area contributed by atoms with E-state index in [1.54, 1.807) is 0 Å². The number of aliphatic hydroxyl groups is 3. The average Bonchev–Trinajstić information content (AvgIpc) is 2.60. The summed E-state index contributed by atoms with van der Waals surface area (Å²) in [6.45, 7) is 9.72. The Hall–Kier alpha value is -0.420. The predicted octanol–water partition coefficient (Wildman–Crippen LogP) is 2.19. The van der Waals surface area contributed by atoms with Crippen LogP contribution in [0.1, 0.15) is 51.9 Å². The van der Waals surface area contributed by atoms with E-state index in [4.69, 9.17) is 0 Å². The van der Waals surface area contributed by atoms with Crippen LogP contribution >= 0.6 is 0 Å². The van der Waals surface area contributed by atoms with Crippen molar-refractivity contribution in [2.24, 2.45) is 34.0 Å². The molecule has 1 saturated heterocycles. The summed E-state index contributed by atoms with van der Waals surface area (Å²) in [5.74, 6) is 1.37. The van der Waals surface area contributed by atoms with Crippen molar-refractivity contribution in [2.75, 3.05) is 26.2 Å². The Labute approximate surface area is 157 Å². The lowest BCUT2D eigenvalue weighted by atomic mass is 9.34. The maximum atomic E-state index is 11.4. The number of nitrogens with zero attached hydrogens (tertiary/aromatic N) is 1. The smallest absolute Gasteiger partial charge is 0.0834 e. The van der Waals surface area contributed by atoms with Gasteiger partial charge >= 0.3 is 0 Å². The summed E-state index contributed by atoms with van der Waals surface area (Å²) in [5.41, 5.74) is 1.04. The molecular weight excluding hydrogens is 326 g/mol. The molecule has 4 nitrogen and oxygen atoms in total. The highest BCUT2D eigenvalue weighted by Gasteiger charge is 2.72. The second kappa shape index (κ2) is 5.56. The zero-order valence-electron chi connectivity index (χ0n) is 16.2. The molecule has 1 unspecified atom stereocenters. The van der Waals surface area contributed by atoms with Crippen molar-refractivity contribution >= 4 is 0 Å². The van der Waals surface area contributed by atoms with Crippen LogP contribution in [0, 0.1) is 34.0 Å². The van der Waals surface area contributed by atoms with Crippen LogP contribution in [-0.2, 0) is 0 Å². The van der Waals surface area contributed by atoms with Gasteiger partial charge in [-0.3, -0.25) is 4.90 Å². The fourth-order valence-corrected chi connectivity index (χ4v) is 8.82. The van der Waals surface area contributed by atoms with E-state index in [9.17, 15) is 15.3 Å². The molecule has 0 aromatic heterocycles. The minimum absolute atomic E-state index is 0.194. The molecule has 26 heavy (non-hydrogen) atoms. The Bertz CT molecular complexity index is 623. The highest BCUT2D eigenvalue weighted by atomic mass is 16.3. The molecule has 6 fully saturated rings. The maximum Gasteiger partial charge on any atom is 0.0834 e. The summed E-state index contributed by atoms with van der Waals surface area (Å²) < 4.78 is 0. The van der Waals surface area contributed by atoms with E-state index < -0.39 is 12.2 Å². The number of likely N-dealkylation sites (tertiary alicyclic amines) is 1. The molecule has 1 aliphatic heterocycles. The monoisotopic (exact) mass is 361 g/mol. The van der Waals surface area contributed by atoms with E-state index >= 15 is 0 Å². The summed E-state index contributed by atoms with van der Waals surface area (Å²) >= 11 is 0. The number of β-amino-alcohol motifs (C(OH)–C–C–N with tert-alkyl or cyclic N) is 1. The number of hydrogen-bond donors (Lipinski definition) is 3. The van der Waals surface area contributed by atoms with Crippen molar-refractivity contribution in [3.05, 3.63) is 12.2 Å². The largest absolute Gasteiger partial charge is 0.395 e. The van der Waals surface area contributed by atoms with Crippen LogP contribution in [0.15, 0.2) is 12.2 Å². The highest BCUT2D eigenvalue weighted by molar-refractivity contribution is 5.29. The number of aliphatic hydroxyl groups excluding tert-OH is 3. The van der Waals surface area contributed by atoms with Crippen molar-refractivity contribution in [1.29, 1.82) is 0 Å². The summed E-state index contributed by atoms with van der Waals surface area (Å²) in [7, 11) is 0. The molecule has 6 aliphatic rings. The van der Waals surface area contributed by atoms with Crippen LogP contribution in [0.3, 0.4) is 0 Å². The Morgan fingerprint density at radius 1 is 1.12 bits per heavy atom. The lowest BCUT2D eigenvalue weighted by Gasteiger charge is -2.73. The second-order valence-electron chi connectivity index (χ2n) is 10.6. The van der Waals surface area contributed by atoms with Gasteiger partial charge in [0.1, 0.15) is 0 Å². The molecule has 4 bridgehead atoms. The lowest BCUT2D eigenvalue weighted by molar-refractivity contribution is -0.276. The number of rotatable bonds is 2. The molecule has 6 rings (SSSR count). The van der Waals surface area contributed by atoms with Gasteiger partial charge in [0.25, 0.3) is 0 Å². The van der Waals surface area contributed by atoms with E-state index in [2.05, 4.69) is 18.4 Å². The Balaban J connectivity index is 1.62. The first-order valence-corrected chi connectivity index (χ1v) is 10.8. The van der Waals surface area contributed by atoms with E-state index in [1.165, 1.54) is 19.3 Å². The fourth-order valence-electron chi connectivity index (χ4n) is 8.82. The zero-order chi connectivity index (χ0) is 18.3. The van der Waals surface area contributed by atoms with Gasteiger partial charge in [-0.15, -0.1) is 0 Å². The van der Waals surface area contributed by atoms with Crippen molar-refractivity contribution in [2.45, 2.75) is 64.1 Å². The molecule has 1 spiro atoms. The molecule has 0 aromatic rings. The summed E-state index contributed by atoms with van der Waals surface area (Å²) in [5, 5.41) is 32.2. The summed E-state index contributed by atoms with van der Waals surface area (Å²) in [6, 6.07) is 0. The fraction of sp³-hybridized carbons (Fsp3) is 0.909. The van der Waals surface area contributed by atoms with Crippen molar-refractivity contribution < 1.29 is 15.3 Å². The SMILES string of the molecule is C=C1C2CC[C@@]3([C@H](O)C[C@@H]4[C@@]5(C)CCC[C@@]4(CN(CCO)C5)[C@@H]3C2)[C@@H]1O. The van der Waals surface area contributed by atoms with Crippen LogP contribution in [0.5, 0.6) is 0 Å². The molecule has 0 radical (unpaired) electrons. The first-order valence-electron chi connectivity index (χ1n) is 10.8. The van der Waals surface area contributed by atoms with Crippen LogP contribution in [-0.4, -0.2) is 58.7 Å². The van der Waals surface area contributed by atoms with Gasteiger partial charge in [-0.25, -0.2) is 0 Å². The van der Waals surface area contributed by atoms with E-state index in [0.29, 0.717) is 17.8 Å². The van der Waals surface area contributed by atoms with Gasteiger partial charge in [-0.2, -0.15) is 0 Å². The standard InChI is InChI=1S/C22H35NO3/c1-14-15-4-7-22(19(14)26)17(10-15)21-6-3-5-20(2,16(21)11-18(22)25)12-23(13-21)8-9-24/h15-19,24-26H,1,3-13H2,2H3/t15?,16-,17+,18-,19-,20+,21+,22-/m1/s1. The molecule has 8 atom stereocenters. The van der Waals surface area contributed by atoms with Crippen LogP contribution in [0.4, 0.5) is 0 Å². The van der Waals surface area contributed by atoms with Gasteiger partial charge in [-0.1, -0.05) is 19.9 Å². The molecule has 0 aromatic carbocycles. The van der Waals surface area contributed by atoms with Crippen LogP contribution in [0.25, 0.3) is 0 Å². The molecule has 0 amide bonds. The highest BCUT2D eigenvalue weighted by Crippen LogP contribution is 2.73. The quantitative estimate of drug-likeness (QED) is 0.660. The first kappa shape index (κ1) is 17.7. The van der Waals surface area contributed by atoms with Gasteiger partial charge in [0.05, 0.1) is 18.8 Å². The topological polar surface area (TPSA) is 63.9 Å². The lowest BCUT2D eigenvalue weighted by Crippen LogP contribution is -2.74. The zero-order valence-corrected chi connectivity index (χ0v) is 16.2. The predicted molar refractivity (Wildman–Crippen MR) is 100 cm³/mol. The van der Waals surface area contributed by atoms with E-state index in [1.807, 2.05) is 0 Å². The first-order chi connectivity index (χ1) is 12.4. The van der Waals surface area contributed by atoms with Gasteiger partial charge in [-0.05, 0) is 72.7 Å². The van der Waals surface area contributed by atoms with Gasteiger partial charge in [0, 0.05) is 25.0 Å². The normalized spacial score (nSPS) is 56.2. The molecule has 4 heteroatoms. The molecular formula is C22H35NO3. The minimum atomic E-state index is -0.535. The summed E-state index contributed by atoms with van der Waals surface area (Å²) in [6.07, 6.45) is 6.77. The van der Waals surface area contributed by atoms with Crippen molar-refractivity contribution in [3.8, 4) is 0 Å². The van der Waals surface area contributed by atoms with Gasteiger partial charge < -0.3 is 15.3 Å². The molecule has 5 aliphatic carbocycles. The van der Waals surface area contributed by atoms with Gasteiger partial charge in [0.2, 0.25) is 0 Å². The van der Waals surface area contributed by atoms with Gasteiger partial charge in [0.15, 0.2) is 0 Å². The van der Waals surface area contributed by atoms with E-state index in [0.717, 1.165) is 50.9 Å². The number of piperidine rings is 1. The number of hydrogen-bond acceptors (Lipinski definition) is 4. The number of fused-ring (bicyclic) bond motifs is 2. The third kappa shape index (κ3) is 1.95. The van der Waals surface area contributed by atoms with Crippen LogP contribution < -0.4 is 0 Å². The molecule has 5 saturated carbocycles. The Kier molecular flexibility index (Phi) is 3.78. The maximum absolute atomic E-state index is 11.4. The minimum Gasteiger partial charge on any atom is -0.395 e. The molecule has 3 N–H and O–H groups in total. The summed E-state index contributed by atoms with van der Waals surface area (Å²) in [4.78, 5) is 2.49. The van der Waals surface area contributed by atoms with Crippen molar-refractivity contribution in [3.63, 3.8) is 0 Å². The third-order valence-corrected chi connectivity index (χ3v) is 9.70. The Morgan fingerprint density at radius 2 is 1.92 bits per heavy atom. The van der Waals surface area contributed by atoms with E-state index in [-0.39, 0.29) is 22.9 Å². The third-order valence-electron chi connectivity index (χ3n) is 9.70. The second-order valence-corrected chi connectivity index (χ2v) is 10.6. The van der Waals surface area contributed by atoms with Crippen molar-refractivity contribution in [1.82, 2.24) is 4.90 Å². The molecule has 1 heterocycles. The molecule has 146 valence electrons. The average molecular weight is 362 g/mol. The van der Waals surface area contributed by atoms with Crippen LogP contribution in [0.2, 0.25) is 0 Å². The Morgan fingerprint density at radius 3 is 2.69 bits per heavy atom.